The predicted molar refractivity (Wildman–Crippen MR) is 157 cm³/mol. The van der Waals surface area contributed by atoms with Crippen molar-refractivity contribution in [3.63, 3.8) is 0 Å². The van der Waals surface area contributed by atoms with Gasteiger partial charge in [-0.1, -0.05) is 41.9 Å². The fourth-order valence-corrected chi connectivity index (χ4v) is 5.87. The van der Waals surface area contributed by atoms with Crippen LogP contribution in [0.15, 0.2) is 71.7 Å². The zero-order valence-corrected chi connectivity index (χ0v) is 23.3. The number of carbonyl (C=O) groups is 1. The maximum Gasteiger partial charge on any atom is 0.247 e. The number of H-pyrrole nitrogens is 1. The maximum absolute atomic E-state index is 13.2. The number of rotatable bonds is 10. The van der Waals surface area contributed by atoms with Crippen LogP contribution in [0.25, 0.3) is 22.0 Å². The molecular formula is C32H36ClN3O3. The number of aryl methyl sites for hydroxylation is 2. The molecule has 0 aliphatic carbocycles. The van der Waals surface area contributed by atoms with E-state index >= 15 is 0 Å². The van der Waals surface area contributed by atoms with Crippen molar-refractivity contribution >= 4 is 28.4 Å². The summed E-state index contributed by atoms with van der Waals surface area (Å²) in [5.74, 6) is 0.562. The lowest BCUT2D eigenvalue weighted by molar-refractivity contribution is -0.132. The highest BCUT2D eigenvalue weighted by Gasteiger charge is 2.27. The van der Waals surface area contributed by atoms with E-state index in [4.69, 9.17) is 16.3 Å². The molecule has 5 rings (SSSR count). The normalized spacial score (nSPS) is 15.6. The average molecular weight is 546 g/mol. The van der Waals surface area contributed by atoms with Crippen molar-refractivity contribution in [3.8, 4) is 11.1 Å². The molecule has 204 valence electrons. The van der Waals surface area contributed by atoms with Gasteiger partial charge in [-0.15, -0.1) is 0 Å². The molecule has 4 aromatic rings. The molecule has 0 radical (unpaired) electrons. The summed E-state index contributed by atoms with van der Waals surface area (Å²) < 4.78 is 7.69. The van der Waals surface area contributed by atoms with Crippen LogP contribution < -0.4 is 5.56 Å². The first-order chi connectivity index (χ1) is 19.0. The molecule has 2 aromatic carbocycles. The van der Waals surface area contributed by atoms with Gasteiger partial charge in [-0.05, 0) is 78.4 Å². The lowest BCUT2D eigenvalue weighted by Gasteiger charge is -2.33. The summed E-state index contributed by atoms with van der Waals surface area (Å²) in [5, 5.41) is 1.94. The first-order valence-corrected chi connectivity index (χ1v) is 14.2. The van der Waals surface area contributed by atoms with E-state index in [9.17, 15) is 9.59 Å². The molecule has 1 N–H and O–H groups in total. The minimum Gasteiger partial charge on any atom is -0.385 e. The van der Waals surface area contributed by atoms with Crippen molar-refractivity contribution < 1.29 is 9.53 Å². The number of piperidine rings is 1. The Balaban J connectivity index is 1.19. The Bertz CT molecular complexity index is 1450. The van der Waals surface area contributed by atoms with Crippen molar-refractivity contribution in [1.29, 1.82) is 0 Å². The fourth-order valence-electron chi connectivity index (χ4n) is 5.70. The number of likely N-dealkylation sites (tertiary alicyclic amines) is 1. The second-order valence-corrected chi connectivity index (χ2v) is 10.9. The second kappa shape index (κ2) is 12.7. The molecule has 2 aromatic heterocycles. The number of methoxy groups -OCH3 is 1. The number of hydrogen-bond acceptors (Lipinski definition) is 3. The summed E-state index contributed by atoms with van der Waals surface area (Å²) >= 11 is 6.34. The van der Waals surface area contributed by atoms with Crippen LogP contribution in [-0.2, 0) is 22.5 Å². The minimum absolute atomic E-state index is 0.102. The molecule has 39 heavy (non-hydrogen) atoms. The van der Waals surface area contributed by atoms with Gasteiger partial charge in [0.25, 0.3) is 0 Å². The van der Waals surface area contributed by atoms with Crippen LogP contribution in [0.4, 0.5) is 0 Å². The average Bonchev–Trinajstić information content (AvgIpc) is 3.31. The summed E-state index contributed by atoms with van der Waals surface area (Å²) in [6.45, 7) is 3.18. The number of aromatic amines is 1. The number of aromatic nitrogens is 2. The number of amides is 1. The molecule has 1 saturated heterocycles. The number of carbonyl (C=O) groups excluding carboxylic acids is 1. The molecule has 0 saturated carbocycles. The lowest BCUT2D eigenvalue weighted by Crippen LogP contribution is -2.39. The fraction of sp³-hybridized carbons (Fsp3) is 0.375. The smallest absolute Gasteiger partial charge is 0.247 e. The molecule has 3 heterocycles. The standard InChI is InChI=1S/C32H36ClN3O3/c1-39-18-4-17-36-29(19-25-12-14-28(33)20-30(25)36)27-6-3-16-35(22-27)32(38)7-2-5-23-8-10-24(11-9-23)26-13-15-31(37)34-21-26/h8-15,19-21,27H,2-7,16-18,22H2,1H3,(H,34,37). The summed E-state index contributed by atoms with van der Waals surface area (Å²) in [7, 11) is 1.74. The van der Waals surface area contributed by atoms with Crippen LogP contribution in [-0.4, -0.2) is 47.2 Å². The molecule has 0 spiro atoms. The third kappa shape index (κ3) is 6.63. The van der Waals surface area contributed by atoms with E-state index in [-0.39, 0.29) is 11.5 Å². The van der Waals surface area contributed by atoms with Crippen molar-refractivity contribution in [2.24, 2.45) is 0 Å². The van der Waals surface area contributed by atoms with Crippen molar-refractivity contribution in [1.82, 2.24) is 14.5 Å². The van der Waals surface area contributed by atoms with Crippen molar-refractivity contribution in [3.05, 3.63) is 93.5 Å². The summed E-state index contributed by atoms with van der Waals surface area (Å²) in [6.07, 6.45) is 7.01. The lowest BCUT2D eigenvalue weighted by atomic mass is 9.94. The third-order valence-corrected chi connectivity index (χ3v) is 7.98. The molecular weight excluding hydrogens is 510 g/mol. The topological polar surface area (TPSA) is 67.3 Å². The Morgan fingerprint density at radius 3 is 2.64 bits per heavy atom. The SMILES string of the molecule is COCCCn1c(C2CCCN(C(=O)CCCc3ccc(-c4ccc(=O)[nH]c4)cc3)C2)cc2ccc(Cl)cc21. The van der Waals surface area contributed by atoms with Gasteiger partial charge in [0.15, 0.2) is 0 Å². The number of hydrogen-bond donors (Lipinski definition) is 1. The Kier molecular flexibility index (Phi) is 8.84. The number of halogens is 1. The van der Waals surface area contributed by atoms with Gasteiger partial charge in [-0.3, -0.25) is 9.59 Å². The van der Waals surface area contributed by atoms with E-state index in [0.29, 0.717) is 18.9 Å². The maximum atomic E-state index is 13.2. The van der Waals surface area contributed by atoms with E-state index in [0.717, 1.165) is 73.4 Å². The second-order valence-electron chi connectivity index (χ2n) is 10.4. The highest BCUT2D eigenvalue weighted by atomic mass is 35.5. The number of fused-ring (bicyclic) bond motifs is 1. The first-order valence-electron chi connectivity index (χ1n) is 13.9. The third-order valence-electron chi connectivity index (χ3n) is 7.75. The van der Waals surface area contributed by atoms with E-state index in [1.54, 1.807) is 13.3 Å². The van der Waals surface area contributed by atoms with Gasteiger partial charge in [0.2, 0.25) is 11.5 Å². The summed E-state index contributed by atoms with van der Waals surface area (Å²) in [6, 6.07) is 20.1. The van der Waals surface area contributed by atoms with E-state index in [2.05, 4.69) is 50.8 Å². The van der Waals surface area contributed by atoms with Crippen LogP contribution in [0.1, 0.15) is 49.3 Å². The van der Waals surface area contributed by atoms with Crippen LogP contribution >= 0.6 is 11.6 Å². The molecule has 6 nitrogen and oxygen atoms in total. The number of benzene rings is 2. The number of ether oxygens (including phenoxy) is 1. The van der Waals surface area contributed by atoms with Gasteiger partial charge in [0.05, 0.1) is 0 Å². The number of nitrogens with one attached hydrogen (secondary N) is 1. The Labute approximate surface area is 234 Å². The van der Waals surface area contributed by atoms with E-state index < -0.39 is 0 Å². The summed E-state index contributed by atoms with van der Waals surface area (Å²) in [5.41, 5.74) is 5.61. The zero-order valence-electron chi connectivity index (χ0n) is 22.5. The van der Waals surface area contributed by atoms with E-state index in [1.807, 2.05) is 18.2 Å². The highest BCUT2D eigenvalue weighted by Crippen LogP contribution is 2.33. The van der Waals surface area contributed by atoms with Crippen LogP contribution in [0.3, 0.4) is 0 Å². The van der Waals surface area contributed by atoms with Gasteiger partial charge in [-0.25, -0.2) is 0 Å². The quantitative estimate of drug-likeness (QED) is 0.234. The molecule has 1 amide bonds. The number of pyridine rings is 1. The Morgan fingerprint density at radius 1 is 1.05 bits per heavy atom. The van der Waals surface area contributed by atoms with Gasteiger partial charge < -0.3 is 19.2 Å². The first kappa shape index (κ1) is 27.2. The van der Waals surface area contributed by atoms with Crippen LogP contribution in [0, 0.1) is 0 Å². The van der Waals surface area contributed by atoms with Crippen LogP contribution in [0.2, 0.25) is 5.02 Å². The van der Waals surface area contributed by atoms with E-state index in [1.165, 1.54) is 22.7 Å². The predicted octanol–water partition coefficient (Wildman–Crippen LogP) is 6.42. The Hall–Kier alpha value is -3.35. The molecule has 7 heteroatoms. The minimum atomic E-state index is -0.102. The van der Waals surface area contributed by atoms with Crippen molar-refractivity contribution in [2.75, 3.05) is 26.8 Å². The van der Waals surface area contributed by atoms with Crippen LogP contribution in [0.5, 0.6) is 0 Å². The number of nitrogens with zero attached hydrogens (tertiary/aromatic N) is 2. The van der Waals surface area contributed by atoms with Gasteiger partial charge >= 0.3 is 0 Å². The molecule has 1 atom stereocenters. The molecule has 1 aliphatic heterocycles. The largest absolute Gasteiger partial charge is 0.385 e. The zero-order chi connectivity index (χ0) is 27.2. The molecule has 0 bridgehead atoms. The molecule has 1 fully saturated rings. The van der Waals surface area contributed by atoms with Gasteiger partial charge in [0.1, 0.15) is 0 Å². The van der Waals surface area contributed by atoms with Gasteiger partial charge in [0, 0.05) is 74.2 Å². The van der Waals surface area contributed by atoms with Crippen molar-refractivity contribution in [2.45, 2.75) is 51.0 Å². The highest BCUT2D eigenvalue weighted by molar-refractivity contribution is 6.31. The van der Waals surface area contributed by atoms with Gasteiger partial charge in [-0.2, -0.15) is 0 Å². The Morgan fingerprint density at radius 2 is 1.87 bits per heavy atom. The summed E-state index contributed by atoms with van der Waals surface area (Å²) in [4.78, 5) is 29.3. The molecule has 1 aliphatic rings. The molecule has 1 unspecified atom stereocenters. The monoisotopic (exact) mass is 545 g/mol.